The lowest BCUT2D eigenvalue weighted by Gasteiger charge is -2.38. The van der Waals surface area contributed by atoms with Crippen molar-refractivity contribution in [1.29, 1.82) is 0 Å². The topological polar surface area (TPSA) is 38.8 Å². The summed E-state index contributed by atoms with van der Waals surface area (Å²) < 4.78 is 11.1. The van der Waals surface area contributed by atoms with Gasteiger partial charge in [0, 0.05) is 12.1 Å². The summed E-state index contributed by atoms with van der Waals surface area (Å²) in [5.74, 6) is 1.44. The number of hydrogen-bond acceptors (Lipinski definition) is 3. The Morgan fingerprint density at radius 1 is 0.931 bits per heavy atom. The van der Waals surface area contributed by atoms with Crippen molar-refractivity contribution < 1.29 is 14.3 Å². The van der Waals surface area contributed by atoms with Crippen LogP contribution in [-0.2, 0) is 6.42 Å². The lowest BCUT2D eigenvalue weighted by molar-refractivity contribution is 0.0694. The molecule has 1 unspecified atom stereocenters. The lowest BCUT2D eigenvalue weighted by Crippen LogP contribution is -2.40. The molecule has 0 spiro atoms. The van der Waals surface area contributed by atoms with Gasteiger partial charge in [-0.25, -0.2) is 0 Å². The van der Waals surface area contributed by atoms with Crippen molar-refractivity contribution in [2.75, 3.05) is 20.8 Å². The van der Waals surface area contributed by atoms with Gasteiger partial charge in [0.15, 0.2) is 11.5 Å². The fraction of sp³-hybridized carbons (Fsp3) is 0.240. The van der Waals surface area contributed by atoms with Gasteiger partial charge >= 0.3 is 0 Å². The van der Waals surface area contributed by atoms with Gasteiger partial charge in [-0.2, -0.15) is 0 Å². The van der Waals surface area contributed by atoms with Crippen LogP contribution in [0.25, 0.3) is 0 Å². The zero-order valence-electron chi connectivity index (χ0n) is 17.0. The Kier molecular flexibility index (Phi) is 5.26. The minimum Gasteiger partial charge on any atom is -0.493 e. The van der Waals surface area contributed by atoms with Gasteiger partial charge in [0.1, 0.15) is 0 Å². The Morgan fingerprint density at radius 2 is 1.59 bits per heavy atom. The molecule has 148 valence electrons. The van der Waals surface area contributed by atoms with Crippen molar-refractivity contribution in [2.24, 2.45) is 0 Å². The third-order valence-corrected chi connectivity index (χ3v) is 5.55. The van der Waals surface area contributed by atoms with Crippen LogP contribution in [0.1, 0.15) is 38.7 Å². The maximum Gasteiger partial charge on any atom is 0.254 e. The highest BCUT2D eigenvalue weighted by molar-refractivity contribution is 5.95. The maximum atomic E-state index is 13.4. The fourth-order valence-corrected chi connectivity index (χ4v) is 4.02. The van der Waals surface area contributed by atoms with Crippen molar-refractivity contribution in [1.82, 2.24) is 4.90 Å². The third-order valence-electron chi connectivity index (χ3n) is 5.55. The number of nitrogens with zero attached hydrogens (tertiary/aromatic N) is 1. The van der Waals surface area contributed by atoms with E-state index < -0.39 is 0 Å². The number of hydrogen-bond donors (Lipinski definition) is 0. The average Bonchev–Trinajstić information content (AvgIpc) is 2.78. The van der Waals surface area contributed by atoms with E-state index in [0.29, 0.717) is 17.9 Å². The van der Waals surface area contributed by atoms with Gasteiger partial charge in [0.2, 0.25) is 0 Å². The van der Waals surface area contributed by atoms with Crippen molar-refractivity contribution in [2.45, 2.75) is 19.4 Å². The van der Waals surface area contributed by atoms with Crippen LogP contribution in [0.5, 0.6) is 11.5 Å². The van der Waals surface area contributed by atoms with Crippen molar-refractivity contribution in [3.8, 4) is 11.5 Å². The molecule has 0 fully saturated rings. The largest absolute Gasteiger partial charge is 0.493 e. The van der Waals surface area contributed by atoms with E-state index in [4.69, 9.17) is 9.47 Å². The number of fused-ring (bicyclic) bond motifs is 1. The first-order chi connectivity index (χ1) is 14.1. The molecule has 4 nitrogen and oxygen atoms in total. The molecule has 3 aromatic carbocycles. The van der Waals surface area contributed by atoms with Crippen molar-refractivity contribution >= 4 is 5.91 Å². The van der Waals surface area contributed by atoms with Crippen molar-refractivity contribution in [3.05, 3.63) is 94.5 Å². The van der Waals surface area contributed by atoms with Gasteiger partial charge < -0.3 is 14.4 Å². The number of carbonyl (C=O) groups excluding carboxylic acids is 1. The SMILES string of the molecule is COc1cc2c(cc1OC)C(c1ccc(C)cc1)N(C(=O)c1ccccc1)CC2. The molecule has 29 heavy (non-hydrogen) atoms. The summed E-state index contributed by atoms with van der Waals surface area (Å²) in [6.07, 6.45) is 0.774. The summed E-state index contributed by atoms with van der Waals surface area (Å²) in [6.45, 7) is 2.72. The molecule has 0 saturated heterocycles. The second-order valence-electron chi connectivity index (χ2n) is 7.33. The standard InChI is InChI=1S/C25H25NO3/c1-17-9-11-18(12-10-17)24-21-16-23(29-3)22(28-2)15-20(21)13-14-26(24)25(27)19-7-5-4-6-8-19/h4-12,15-16,24H,13-14H2,1-3H3. The van der Waals surface area contributed by atoms with Gasteiger partial charge in [-0.15, -0.1) is 0 Å². The molecular formula is C25H25NO3. The van der Waals surface area contributed by atoms with Crippen LogP contribution in [-0.4, -0.2) is 31.6 Å². The highest BCUT2D eigenvalue weighted by Gasteiger charge is 2.33. The molecule has 1 amide bonds. The first kappa shape index (κ1) is 19.1. The number of methoxy groups -OCH3 is 2. The summed E-state index contributed by atoms with van der Waals surface area (Å²) in [4.78, 5) is 15.4. The predicted octanol–water partition coefficient (Wildman–Crippen LogP) is 4.80. The molecule has 0 saturated carbocycles. The molecule has 1 aliphatic rings. The summed E-state index contributed by atoms with van der Waals surface area (Å²) in [7, 11) is 3.29. The predicted molar refractivity (Wildman–Crippen MR) is 114 cm³/mol. The number of rotatable bonds is 4. The number of benzene rings is 3. The Bertz CT molecular complexity index is 1010. The normalized spacial score (nSPS) is 15.6. The number of carbonyl (C=O) groups is 1. The molecular weight excluding hydrogens is 362 g/mol. The van der Waals surface area contributed by atoms with E-state index in [0.717, 1.165) is 23.3 Å². The fourth-order valence-electron chi connectivity index (χ4n) is 4.02. The number of ether oxygens (including phenoxy) is 2. The van der Waals surface area contributed by atoms with Crippen LogP contribution < -0.4 is 9.47 Å². The first-order valence-electron chi connectivity index (χ1n) is 9.79. The molecule has 4 heteroatoms. The van der Waals surface area contributed by atoms with E-state index in [1.807, 2.05) is 47.4 Å². The zero-order valence-corrected chi connectivity index (χ0v) is 17.0. The van der Waals surface area contributed by atoms with Crippen LogP contribution in [0.2, 0.25) is 0 Å². The molecule has 0 radical (unpaired) electrons. The summed E-state index contributed by atoms with van der Waals surface area (Å²) >= 11 is 0. The van der Waals surface area contributed by atoms with Crippen LogP contribution in [0.3, 0.4) is 0 Å². The molecule has 3 aromatic rings. The molecule has 1 aliphatic heterocycles. The second kappa shape index (κ2) is 8.00. The third kappa shape index (κ3) is 3.58. The monoisotopic (exact) mass is 387 g/mol. The summed E-state index contributed by atoms with van der Waals surface area (Å²) in [5, 5.41) is 0. The Hall–Kier alpha value is -3.27. The highest BCUT2D eigenvalue weighted by atomic mass is 16.5. The van der Waals surface area contributed by atoms with E-state index in [2.05, 4.69) is 31.2 Å². The van der Waals surface area contributed by atoms with Crippen LogP contribution in [0.15, 0.2) is 66.7 Å². The van der Waals surface area contributed by atoms with Crippen LogP contribution in [0, 0.1) is 6.92 Å². The van der Waals surface area contributed by atoms with Gasteiger partial charge in [0.05, 0.1) is 20.3 Å². The molecule has 4 rings (SSSR count). The zero-order chi connectivity index (χ0) is 20.4. The van der Waals surface area contributed by atoms with E-state index in [1.54, 1.807) is 14.2 Å². The quantitative estimate of drug-likeness (QED) is 0.645. The summed E-state index contributed by atoms with van der Waals surface area (Å²) in [5.41, 5.74) is 5.26. The minimum absolute atomic E-state index is 0.0385. The van der Waals surface area contributed by atoms with E-state index in [-0.39, 0.29) is 11.9 Å². The molecule has 0 N–H and O–H groups in total. The van der Waals surface area contributed by atoms with Gasteiger partial charge in [0.25, 0.3) is 5.91 Å². The molecule has 0 aliphatic carbocycles. The minimum atomic E-state index is -0.174. The lowest BCUT2D eigenvalue weighted by atomic mass is 9.87. The molecule has 0 bridgehead atoms. The van der Waals surface area contributed by atoms with E-state index in [1.165, 1.54) is 11.1 Å². The first-order valence-corrected chi connectivity index (χ1v) is 9.79. The Labute approximate surface area is 171 Å². The Balaban J connectivity index is 1.85. The molecule has 0 aromatic heterocycles. The van der Waals surface area contributed by atoms with Gasteiger partial charge in [-0.1, -0.05) is 48.0 Å². The average molecular weight is 387 g/mol. The van der Waals surface area contributed by atoms with E-state index >= 15 is 0 Å². The van der Waals surface area contributed by atoms with Crippen LogP contribution >= 0.6 is 0 Å². The van der Waals surface area contributed by atoms with Crippen molar-refractivity contribution in [3.63, 3.8) is 0 Å². The van der Waals surface area contributed by atoms with Gasteiger partial charge in [-0.05, 0) is 54.3 Å². The molecule has 1 heterocycles. The molecule has 1 atom stereocenters. The smallest absolute Gasteiger partial charge is 0.254 e. The number of amides is 1. The maximum absolute atomic E-state index is 13.4. The Morgan fingerprint density at radius 3 is 2.24 bits per heavy atom. The van der Waals surface area contributed by atoms with Crippen LogP contribution in [0.4, 0.5) is 0 Å². The number of aryl methyl sites for hydroxylation is 1. The van der Waals surface area contributed by atoms with E-state index in [9.17, 15) is 4.79 Å². The van der Waals surface area contributed by atoms with Gasteiger partial charge in [-0.3, -0.25) is 4.79 Å². The highest BCUT2D eigenvalue weighted by Crippen LogP contribution is 2.41. The second-order valence-corrected chi connectivity index (χ2v) is 7.33. The summed E-state index contributed by atoms with van der Waals surface area (Å²) in [6, 6.07) is 21.8.